The summed E-state index contributed by atoms with van der Waals surface area (Å²) in [5.74, 6) is 0.272. The minimum absolute atomic E-state index is 0.0672. The lowest BCUT2D eigenvalue weighted by molar-refractivity contribution is 0.235. The Labute approximate surface area is 119 Å². The largest absolute Gasteiger partial charge is 0.508 e. The number of benzene rings is 2. The van der Waals surface area contributed by atoms with Crippen molar-refractivity contribution in [3.8, 4) is 5.75 Å². The van der Waals surface area contributed by atoms with E-state index < -0.39 is 0 Å². The first-order chi connectivity index (χ1) is 9.78. The molecule has 0 aromatic heterocycles. The second-order valence-corrected chi connectivity index (χ2v) is 4.95. The number of hydrogen-bond acceptors (Lipinski definition) is 3. The van der Waals surface area contributed by atoms with Gasteiger partial charge in [0.1, 0.15) is 5.75 Å². The molecular weight excluding hydrogens is 250 g/mol. The fraction of sp³-hybridized carbons (Fsp3) is 0.294. The minimum atomic E-state index is 0.0672. The van der Waals surface area contributed by atoms with Crippen LogP contribution in [0.15, 0.2) is 54.6 Å². The Morgan fingerprint density at radius 1 is 0.950 bits per heavy atom. The molecule has 0 aliphatic carbocycles. The highest BCUT2D eigenvalue weighted by atomic mass is 16.3. The predicted molar refractivity (Wildman–Crippen MR) is 80.6 cm³/mol. The Kier molecular flexibility index (Phi) is 5.59. The molecule has 0 saturated carbocycles. The van der Waals surface area contributed by atoms with Gasteiger partial charge < -0.3 is 15.5 Å². The van der Waals surface area contributed by atoms with Gasteiger partial charge in [0.05, 0.1) is 6.61 Å². The van der Waals surface area contributed by atoms with Crippen molar-refractivity contribution >= 4 is 0 Å². The van der Waals surface area contributed by atoms with Crippen molar-refractivity contribution < 1.29 is 10.2 Å². The van der Waals surface area contributed by atoms with Crippen LogP contribution in [-0.4, -0.2) is 22.9 Å². The highest BCUT2D eigenvalue weighted by Crippen LogP contribution is 2.11. The maximum Gasteiger partial charge on any atom is 0.115 e. The number of aromatic hydroxyl groups is 1. The molecule has 1 atom stereocenters. The van der Waals surface area contributed by atoms with Crippen LogP contribution in [0.3, 0.4) is 0 Å². The van der Waals surface area contributed by atoms with Gasteiger partial charge in [-0.3, -0.25) is 0 Å². The zero-order valence-electron chi connectivity index (χ0n) is 11.5. The number of nitrogens with one attached hydrogen (secondary N) is 1. The topological polar surface area (TPSA) is 52.5 Å². The first-order valence-electron chi connectivity index (χ1n) is 6.94. The highest BCUT2D eigenvalue weighted by molar-refractivity contribution is 5.27. The number of phenolic OH excluding ortho intramolecular Hbond substituents is 1. The van der Waals surface area contributed by atoms with Crippen molar-refractivity contribution in [2.24, 2.45) is 0 Å². The van der Waals surface area contributed by atoms with Crippen LogP contribution in [0.5, 0.6) is 5.75 Å². The van der Waals surface area contributed by atoms with Crippen molar-refractivity contribution in [1.82, 2.24) is 5.32 Å². The summed E-state index contributed by atoms with van der Waals surface area (Å²) >= 11 is 0. The quantitative estimate of drug-likeness (QED) is 0.725. The molecule has 0 radical (unpaired) electrons. The van der Waals surface area contributed by atoms with Gasteiger partial charge in [-0.1, -0.05) is 42.5 Å². The lowest BCUT2D eigenvalue weighted by Gasteiger charge is -2.16. The van der Waals surface area contributed by atoms with Gasteiger partial charge in [-0.25, -0.2) is 0 Å². The van der Waals surface area contributed by atoms with E-state index in [0.29, 0.717) is 6.54 Å². The van der Waals surface area contributed by atoms with E-state index in [1.165, 1.54) is 5.56 Å². The molecule has 0 aliphatic rings. The van der Waals surface area contributed by atoms with E-state index in [9.17, 15) is 10.2 Å². The standard InChI is InChI=1S/C17H21NO2/c19-13-16(10-9-14-5-2-1-3-6-14)18-12-15-7-4-8-17(20)11-15/h1-8,11,16,18-20H,9-10,12-13H2/t16-/m0/s1. The summed E-state index contributed by atoms with van der Waals surface area (Å²) in [4.78, 5) is 0. The van der Waals surface area contributed by atoms with E-state index in [1.807, 2.05) is 30.3 Å². The summed E-state index contributed by atoms with van der Waals surface area (Å²) in [6.07, 6.45) is 1.83. The minimum Gasteiger partial charge on any atom is -0.508 e. The maximum absolute atomic E-state index is 9.42. The molecule has 0 spiro atoms. The molecule has 0 fully saturated rings. The molecule has 0 bridgehead atoms. The molecule has 0 saturated heterocycles. The second-order valence-electron chi connectivity index (χ2n) is 4.95. The van der Waals surface area contributed by atoms with Crippen LogP contribution in [0.25, 0.3) is 0 Å². The average molecular weight is 271 g/mol. The summed E-state index contributed by atoms with van der Waals surface area (Å²) in [6, 6.07) is 17.5. The van der Waals surface area contributed by atoms with E-state index in [1.54, 1.807) is 12.1 Å². The monoisotopic (exact) mass is 271 g/mol. The summed E-state index contributed by atoms with van der Waals surface area (Å²) < 4.78 is 0. The Morgan fingerprint density at radius 3 is 2.40 bits per heavy atom. The summed E-state index contributed by atoms with van der Waals surface area (Å²) in [5, 5.41) is 22.2. The lowest BCUT2D eigenvalue weighted by Crippen LogP contribution is -2.32. The van der Waals surface area contributed by atoms with Crippen molar-refractivity contribution in [3.63, 3.8) is 0 Å². The lowest BCUT2D eigenvalue weighted by atomic mass is 10.1. The van der Waals surface area contributed by atoms with E-state index in [2.05, 4.69) is 17.4 Å². The van der Waals surface area contributed by atoms with E-state index >= 15 is 0 Å². The van der Waals surface area contributed by atoms with Crippen LogP contribution < -0.4 is 5.32 Å². The van der Waals surface area contributed by atoms with Crippen LogP contribution in [-0.2, 0) is 13.0 Å². The van der Waals surface area contributed by atoms with E-state index in [0.717, 1.165) is 18.4 Å². The average Bonchev–Trinajstić information content (AvgIpc) is 2.48. The third-order valence-electron chi connectivity index (χ3n) is 3.35. The SMILES string of the molecule is OC[C@H](CCc1ccccc1)NCc1cccc(O)c1. The Bertz CT molecular complexity index is 513. The van der Waals surface area contributed by atoms with Crippen LogP contribution in [0.4, 0.5) is 0 Å². The summed E-state index contributed by atoms with van der Waals surface area (Å²) in [5.41, 5.74) is 2.30. The van der Waals surface area contributed by atoms with Crippen LogP contribution in [0.1, 0.15) is 17.5 Å². The highest BCUT2D eigenvalue weighted by Gasteiger charge is 2.07. The van der Waals surface area contributed by atoms with Crippen molar-refractivity contribution in [2.45, 2.75) is 25.4 Å². The van der Waals surface area contributed by atoms with Crippen molar-refractivity contribution in [3.05, 3.63) is 65.7 Å². The van der Waals surface area contributed by atoms with Crippen LogP contribution in [0, 0.1) is 0 Å². The van der Waals surface area contributed by atoms with Gasteiger partial charge in [-0.05, 0) is 36.1 Å². The van der Waals surface area contributed by atoms with Gasteiger partial charge in [0, 0.05) is 12.6 Å². The molecule has 0 amide bonds. The van der Waals surface area contributed by atoms with E-state index in [4.69, 9.17) is 0 Å². The molecule has 0 aliphatic heterocycles. The van der Waals surface area contributed by atoms with Gasteiger partial charge in [0.15, 0.2) is 0 Å². The number of aryl methyl sites for hydroxylation is 1. The molecule has 3 nitrogen and oxygen atoms in total. The maximum atomic E-state index is 9.42. The van der Waals surface area contributed by atoms with Gasteiger partial charge in [0.2, 0.25) is 0 Å². The number of rotatable bonds is 7. The molecule has 0 heterocycles. The molecule has 0 unspecified atom stereocenters. The zero-order chi connectivity index (χ0) is 14.2. The first kappa shape index (κ1) is 14.6. The smallest absolute Gasteiger partial charge is 0.115 e. The van der Waals surface area contributed by atoms with Gasteiger partial charge >= 0.3 is 0 Å². The second kappa shape index (κ2) is 7.68. The van der Waals surface area contributed by atoms with Crippen LogP contribution >= 0.6 is 0 Å². The van der Waals surface area contributed by atoms with Crippen LogP contribution in [0.2, 0.25) is 0 Å². The molecular formula is C17H21NO2. The Hall–Kier alpha value is -1.84. The first-order valence-corrected chi connectivity index (χ1v) is 6.94. The molecule has 2 rings (SSSR count). The molecule has 2 aromatic carbocycles. The van der Waals surface area contributed by atoms with Crippen molar-refractivity contribution in [1.29, 1.82) is 0 Å². The van der Waals surface area contributed by atoms with Gasteiger partial charge in [-0.15, -0.1) is 0 Å². The third-order valence-corrected chi connectivity index (χ3v) is 3.35. The molecule has 20 heavy (non-hydrogen) atoms. The Balaban J connectivity index is 1.80. The van der Waals surface area contributed by atoms with Gasteiger partial charge in [-0.2, -0.15) is 0 Å². The zero-order valence-corrected chi connectivity index (χ0v) is 11.5. The van der Waals surface area contributed by atoms with Crippen molar-refractivity contribution in [2.75, 3.05) is 6.61 Å². The number of hydrogen-bond donors (Lipinski definition) is 3. The third kappa shape index (κ3) is 4.68. The predicted octanol–water partition coefficient (Wildman–Crippen LogP) is 2.48. The molecule has 106 valence electrons. The Morgan fingerprint density at radius 2 is 1.70 bits per heavy atom. The van der Waals surface area contributed by atoms with E-state index in [-0.39, 0.29) is 18.4 Å². The molecule has 3 N–H and O–H groups in total. The number of aliphatic hydroxyl groups is 1. The summed E-state index contributed by atoms with van der Waals surface area (Å²) in [7, 11) is 0. The normalized spacial score (nSPS) is 12.2. The fourth-order valence-electron chi connectivity index (χ4n) is 2.17. The molecule has 3 heteroatoms. The molecule has 2 aromatic rings. The fourth-order valence-corrected chi connectivity index (χ4v) is 2.17. The summed E-state index contributed by atoms with van der Waals surface area (Å²) in [6.45, 7) is 0.764. The number of phenols is 1. The number of aliphatic hydroxyl groups excluding tert-OH is 1. The van der Waals surface area contributed by atoms with Gasteiger partial charge in [0.25, 0.3) is 0 Å².